The van der Waals surface area contributed by atoms with Crippen molar-refractivity contribution < 1.29 is 13.2 Å². The van der Waals surface area contributed by atoms with Crippen molar-refractivity contribution in [1.29, 1.82) is 0 Å². The number of rotatable bonds is 6. The Labute approximate surface area is 150 Å². The molecule has 0 aliphatic heterocycles. The molecular formula is C17H19BrN2O3S. The van der Waals surface area contributed by atoms with Crippen LogP contribution in [-0.4, -0.2) is 20.4 Å². The van der Waals surface area contributed by atoms with Crippen LogP contribution >= 0.6 is 15.9 Å². The quantitative estimate of drug-likeness (QED) is 0.760. The molecule has 2 N–H and O–H groups in total. The van der Waals surface area contributed by atoms with E-state index in [-0.39, 0.29) is 22.5 Å². The second-order valence-electron chi connectivity index (χ2n) is 5.39. The normalized spacial score (nSPS) is 12.5. The van der Waals surface area contributed by atoms with Gasteiger partial charge < -0.3 is 5.32 Å². The minimum absolute atomic E-state index is 0.00800. The standard InChI is InChI=1S/C17H19BrN2O3S/c1-3-12(2)19-17(21)15-6-4-5-7-16(15)20-24(22,23)14-10-8-13(18)9-11-14/h4-12,20H,3H2,1-2H3,(H,19,21)/t12-/m0/s1. The lowest BCUT2D eigenvalue weighted by Gasteiger charge is -2.15. The molecule has 5 nitrogen and oxygen atoms in total. The van der Waals surface area contributed by atoms with Crippen LogP contribution in [0.3, 0.4) is 0 Å². The first-order chi connectivity index (χ1) is 11.3. The second kappa shape index (κ2) is 7.81. The van der Waals surface area contributed by atoms with Gasteiger partial charge in [-0.3, -0.25) is 9.52 Å². The Bertz CT molecular complexity index is 820. The molecule has 0 aliphatic rings. The highest BCUT2D eigenvalue weighted by molar-refractivity contribution is 9.10. The van der Waals surface area contributed by atoms with E-state index in [1.165, 1.54) is 12.1 Å². The summed E-state index contributed by atoms with van der Waals surface area (Å²) in [6.07, 6.45) is 0.790. The molecule has 2 rings (SSSR count). The van der Waals surface area contributed by atoms with Gasteiger partial charge in [0.15, 0.2) is 0 Å². The van der Waals surface area contributed by atoms with Gasteiger partial charge in [0.2, 0.25) is 0 Å². The van der Waals surface area contributed by atoms with E-state index in [1.807, 2.05) is 13.8 Å². The van der Waals surface area contributed by atoms with E-state index in [0.717, 1.165) is 10.9 Å². The van der Waals surface area contributed by atoms with Crippen LogP contribution in [-0.2, 0) is 10.0 Å². The summed E-state index contributed by atoms with van der Waals surface area (Å²) in [5, 5.41) is 2.84. The van der Waals surface area contributed by atoms with Crippen molar-refractivity contribution in [3.8, 4) is 0 Å². The maximum Gasteiger partial charge on any atom is 0.261 e. The zero-order valence-corrected chi connectivity index (χ0v) is 15.8. The van der Waals surface area contributed by atoms with Gasteiger partial charge in [-0.25, -0.2) is 8.42 Å². The monoisotopic (exact) mass is 410 g/mol. The molecule has 0 bridgehead atoms. The Morgan fingerprint density at radius 3 is 2.38 bits per heavy atom. The third-order valence-corrected chi connectivity index (χ3v) is 5.44. The zero-order chi connectivity index (χ0) is 17.7. The van der Waals surface area contributed by atoms with Crippen LogP contribution < -0.4 is 10.0 Å². The van der Waals surface area contributed by atoms with Crippen LogP contribution in [0.2, 0.25) is 0 Å². The number of benzene rings is 2. The minimum Gasteiger partial charge on any atom is -0.350 e. The fourth-order valence-corrected chi connectivity index (χ4v) is 3.34. The predicted molar refractivity (Wildman–Crippen MR) is 98.6 cm³/mol. The third kappa shape index (κ3) is 4.58. The number of para-hydroxylation sites is 1. The SMILES string of the molecule is CC[C@H](C)NC(=O)c1ccccc1NS(=O)(=O)c1ccc(Br)cc1. The smallest absolute Gasteiger partial charge is 0.261 e. The molecule has 0 spiro atoms. The molecule has 24 heavy (non-hydrogen) atoms. The summed E-state index contributed by atoms with van der Waals surface area (Å²) in [5.74, 6) is -0.307. The number of sulfonamides is 1. The van der Waals surface area contributed by atoms with E-state index < -0.39 is 10.0 Å². The van der Waals surface area contributed by atoms with E-state index in [0.29, 0.717) is 5.56 Å². The van der Waals surface area contributed by atoms with Crippen LogP contribution in [0.5, 0.6) is 0 Å². The van der Waals surface area contributed by atoms with Crippen molar-refractivity contribution in [3.05, 3.63) is 58.6 Å². The minimum atomic E-state index is -3.77. The molecule has 0 aromatic heterocycles. The number of halogens is 1. The lowest BCUT2D eigenvalue weighted by molar-refractivity contribution is 0.0940. The highest BCUT2D eigenvalue weighted by Crippen LogP contribution is 2.21. The number of nitrogens with one attached hydrogen (secondary N) is 2. The van der Waals surface area contributed by atoms with Crippen molar-refractivity contribution >= 4 is 37.5 Å². The molecular weight excluding hydrogens is 392 g/mol. The second-order valence-corrected chi connectivity index (χ2v) is 7.99. The van der Waals surface area contributed by atoms with Gasteiger partial charge in [0.05, 0.1) is 16.1 Å². The number of hydrogen-bond donors (Lipinski definition) is 2. The summed E-state index contributed by atoms with van der Waals surface area (Å²) in [5.41, 5.74) is 0.541. The van der Waals surface area contributed by atoms with Gasteiger partial charge in [0.25, 0.3) is 15.9 Å². The summed E-state index contributed by atoms with van der Waals surface area (Å²) < 4.78 is 28.3. The van der Waals surface area contributed by atoms with Gasteiger partial charge in [-0.1, -0.05) is 35.0 Å². The summed E-state index contributed by atoms with van der Waals surface area (Å²) in [6, 6.07) is 12.8. The molecule has 7 heteroatoms. The molecule has 0 aliphatic carbocycles. The van der Waals surface area contributed by atoms with Crippen molar-refractivity contribution in [3.63, 3.8) is 0 Å². The first kappa shape index (κ1) is 18.5. The summed E-state index contributed by atoms with van der Waals surface area (Å²) in [7, 11) is -3.77. The van der Waals surface area contributed by atoms with E-state index in [4.69, 9.17) is 0 Å². The van der Waals surface area contributed by atoms with Crippen LogP contribution in [0.15, 0.2) is 57.9 Å². The Morgan fingerprint density at radius 2 is 1.75 bits per heavy atom. The molecule has 0 radical (unpaired) electrons. The van der Waals surface area contributed by atoms with Gasteiger partial charge in [0.1, 0.15) is 0 Å². The Hall–Kier alpha value is -1.86. The molecule has 0 saturated heterocycles. The van der Waals surface area contributed by atoms with Crippen LogP contribution in [0.1, 0.15) is 30.6 Å². The van der Waals surface area contributed by atoms with Gasteiger partial charge in [0, 0.05) is 10.5 Å². The van der Waals surface area contributed by atoms with Crippen molar-refractivity contribution in [1.82, 2.24) is 5.32 Å². The fourth-order valence-electron chi connectivity index (χ4n) is 1.99. The van der Waals surface area contributed by atoms with Crippen LogP contribution in [0.25, 0.3) is 0 Å². The number of carbonyl (C=O) groups is 1. The lowest BCUT2D eigenvalue weighted by Crippen LogP contribution is -2.32. The Morgan fingerprint density at radius 1 is 1.12 bits per heavy atom. The number of amides is 1. The zero-order valence-electron chi connectivity index (χ0n) is 13.4. The number of hydrogen-bond acceptors (Lipinski definition) is 3. The van der Waals surface area contributed by atoms with Crippen LogP contribution in [0, 0.1) is 0 Å². The van der Waals surface area contributed by atoms with Gasteiger partial charge in [-0.2, -0.15) is 0 Å². The molecule has 1 atom stereocenters. The Balaban J connectivity index is 2.30. The van der Waals surface area contributed by atoms with E-state index in [1.54, 1.807) is 36.4 Å². The fraction of sp³-hybridized carbons (Fsp3) is 0.235. The predicted octanol–water partition coefficient (Wildman–Crippen LogP) is 3.78. The maximum absolute atomic E-state index is 12.5. The van der Waals surface area contributed by atoms with Gasteiger partial charge >= 0.3 is 0 Å². The molecule has 0 saturated carbocycles. The van der Waals surface area contributed by atoms with Crippen molar-refractivity contribution in [2.45, 2.75) is 31.2 Å². The van der Waals surface area contributed by atoms with Gasteiger partial charge in [-0.15, -0.1) is 0 Å². The average molecular weight is 411 g/mol. The molecule has 2 aromatic carbocycles. The number of carbonyl (C=O) groups excluding carboxylic acids is 1. The van der Waals surface area contributed by atoms with E-state index >= 15 is 0 Å². The lowest BCUT2D eigenvalue weighted by atomic mass is 10.1. The van der Waals surface area contributed by atoms with Crippen molar-refractivity contribution in [2.24, 2.45) is 0 Å². The molecule has 128 valence electrons. The summed E-state index contributed by atoms with van der Waals surface area (Å²) >= 11 is 3.27. The molecule has 0 unspecified atom stereocenters. The highest BCUT2D eigenvalue weighted by Gasteiger charge is 2.19. The van der Waals surface area contributed by atoms with Crippen molar-refractivity contribution in [2.75, 3.05) is 4.72 Å². The molecule has 2 aromatic rings. The summed E-state index contributed by atoms with van der Waals surface area (Å²) in [4.78, 5) is 12.5. The highest BCUT2D eigenvalue weighted by atomic mass is 79.9. The molecule has 0 heterocycles. The third-order valence-electron chi connectivity index (χ3n) is 3.53. The average Bonchev–Trinajstić information content (AvgIpc) is 2.55. The summed E-state index contributed by atoms with van der Waals surface area (Å²) in [6.45, 7) is 3.86. The number of anilines is 1. The Kier molecular flexibility index (Phi) is 6.01. The van der Waals surface area contributed by atoms with Gasteiger partial charge in [-0.05, 0) is 49.7 Å². The first-order valence-corrected chi connectivity index (χ1v) is 9.79. The molecule has 1 amide bonds. The molecule has 0 fully saturated rings. The maximum atomic E-state index is 12.5. The first-order valence-electron chi connectivity index (χ1n) is 7.51. The van der Waals surface area contributed by atoms with Crippen LogP contribution in [0.4, 0.5) is 5.69 Å². The van der Waals surface area contributed by atoms with E-state index in [9.17, 15) is 13.2 Å². The van der Waals surface area contributed by atoms with E-state index in [2.05, 4.69) is 26.0 Å². The topological polar surface area (TPSA) is 75.3 Å². The largest absolute Gasteiger partial charge is 0.350 e.